The van der Waals surface area contributed by atoms with Crippen molar-refractivity contribution in [3.63, 3.8) is 0 Å². The summed E-state index contributed by atoms with van der Waals surface area (Å²) in [5.41, 5.74) is 7.09. The summed E-state index contributed by atoms with van der Waals surface area (Å²) in [5.74, 6) is -0.783. The van der Waals surface area contributed by atoms with Crippen molar-refractivity contribution in [1.29, 1.82) is 0 Å². The number of amides is 1. The van der Waals surface area contributed by atoms with Crippen LogP contribution in [0.15, 0.2) is 30.3 Å². The van der Waals surface area contributed by atoms with Crippen LogP contribution in [-0.2, 0) is 16.0 Å². The van der Waals surface area contributed by atoms with Gasteiger partial charge in [0, 0.05) is 6.54 Å². The fourth-order valence-electron chi connectivity index (χ4n) is 2.33. The Morgan fingerprint density at radius 1 is 1.29 bits per heavy atom. The number of carbonyl (C=O) groups is 2. The SMILES string of the molecule is NC(CCc1ccccc1)C(=O)N(CC(=O)O)CC1CC1. The number of benzene rings is 1. The second-order valence-corrected chi connectivity index (χ2v) is 5.69. The standard InChI is InChI=1S/C16H22N2O3/c17-14(9-8-12-4-2-1-3-5-12)16(21)18(11-15(19)20)10-13-6-7-13/h1-5,13-14H,6-11,17H2,(H,19,20). The third-order valence-electron chi connectivity index (χ3n) is 3.72. The van der Waals surface area contributed by atoms with Crippen LogP contribution in [0.1, 0.15) is 24.8 Å². The number of aryl methyl sites for hydroxylation is 1. The molecule has 0 aromatic heterocycles. The summed E-state index contributed by atoms with van der Waals surface area (Å²) < 4.78 is 0. The normalized spacial score (nSPS) is 15.5. The van der Waals surface area contributed by atoms with Gasteiger partial charge in [-0.1, -0.05) is 30.3 Å². The average Bonchev–Trinajstić information content (AvgIpc) is 3.28. The molecule has 1 aliphatic carbocycles. The molecule has 1 amide bonds. The van der Waals surface area contributed by atoms with Gasteiger partial charge in [-0.25, -0.2) is 0 Å². The van der Waals surface area contributed by atoms with Crippen LogP contribution in [-0.4, -0.2) is 41.0 Å². The molecule has 1 aliphatic rings. The topological polar surface area (TPSA) is 83.6 Å². The second kappa shape index (κ2) is 7.22. The van der Waals surface area contributed by atoms with E-state index in [4.69, 9.17) is 10.8 Å². The van der Waals surface area contributed by atoms with Crippen LogP contribution in [0.3, 0.4) is 0 Å². The van der Waals surface area contributed by atoms with Gasteiger partial charge < -0.3 is 15.7 Å². The summed E-state index contributed by atoms with van der Waals surface area (Å²) >= 11 is 0. The highest BCUT2D eigenvalue weighted by molar-refractivity contribution is 5.85. The quantitative estimate of drug-likeness (QED) is 0.755. The fraction of sp³-hybridized carbons (Fsp3) is 0.500. The van der Waals surface area contributed by atoms with Gasteiger partial charge in [-0.2, -0.15) is 0 Å². The molecule has 2 rings (SSSR count). The van der Waals surface area contributed by atoms with Crippen molar-refractivity contribution in [2.24, 2.45) is 11.7 Å². The Bertz CT molecular complexity index is 486. The lowest BCUT2D eigenvalue weighted by molar-refractivity contribution is -0.145. The third-order valence-corrected chi connectivity index (χ3v) is 3.72. The number of rotatable bonds is 8. The van der Waals surface area contributed by atoms with Crippen LogP contribution in [0.4, 0.5) is 0 Å². The molecule has 114 valence electrons. The first-order valence-electron chi connectivity index (χ1n) is 7.36. The number of carbonyl (C=O) groups excluding carboxylic acids is 1. The molecule has 1 aromatic carbocycles. The highest BCUT2D eigenvalue weighted by atomic mass is 16.4. The first-order chi connectivity index (χ1) is 10.1. The van der Waals surface area contributed by atoms with Gasteiger partial charge in [-0.05, 0) is 37.2 Å². The Balaban J connectivity index is 1.87. The molecule has 21 heavy (non-hydrogen) atoms. The number of nitrogens with zero attached hydrogens (tertiary/aromatic N) is 1. The van der Waals surface area contributed by atoms with E-state index in [-0.39, 0.29) is 12.5 Å². The van der Waals surface area contributed by atoms with Crippen molar-refractivity contribution in [3.05, 3.63) is 35.9 Å². The molecule has 0 radical (unpaired) electrons. The van der Waals surface area contributed by atoms with E-state index in [0.29, 0.717) is 18.9 Å². The van der Waals surface area contributed by atoms with Crippen LogP contribution in [0, 0.1) is 5.92 Å². The molecule has 1 atom stereocenters. The fourth-order valence-corrected chi connectivity index (χ4v) is 2.33. The zero-order chi connectivity index (χ0) is 15.2. The van der Waals surface area contributed by atoms with Crippen molar-refractivity contribution in [3.8, 4) is 0 Å². The van der Waals surface area contributed by atoms with Gasteiger partial charge in [-0.3, -0.25) is 9.59 Å². The van der Waals surface area contributed by atoms with E-state index in [2.05, 4.69) is 0 Å². The number of carboxylic acid groups (broad SMARTS) is 1. The van der Waals surface area contributed by atoms with Crippen LogP contribution in [0.2, 0.25) is 0 Å². The summed E-state index contributed by atoms with van der Waals surface area (Å²) in [6.07, 6.45) is 3.40. The summed E-state index contributed by atoms with van der Waals surface area (Å²) in [4.78, 5) is 24.6. The largest absolute Gasteiger partial charge is 0.480 e. The van der Waals surface area contributed by atoms with Gasteiger partial charge in [0.15, 0.2) is 0 Å². The molecular formula is C16H22N2O3. The first-order valence-corrected chi connectivity index (χ1v) is 7.36. The third kappa shape index (κ3) is 5.19. The molecule has 1 saturated carbocycles. The highest BCUT2D eigenvalue weighted by Crippen LogP contribution is 2.29. The monoisotopic (exact) mass is 290 g/mol. The molecule has 1 fully saturated rings. The summed E-state index contributed by atoms with van der Waals surface area (Å²) in [6.45, 7) is 0.262. The van der Waals surface area contributed by atoms with Gasteiger partial charge >= 0.3 is 5.97 Å². The minimum Gasteiger partial charge on any atom is -0.480 e. The minimum absolute atomic E-state index is 0.250. The second-order valence-electron chi connectivity index (χ2n) is 5.69. The molecule has 0 bridgehead atoms. The predicted molar refractivity (Wildman–Crippen MR) is 79.7 cm³/mol. The van der Waals surface area contributed by atoms with Crippen molar-refractivity contribution in [1.82, 2.24) is 4.90 Å². The van der Waals surface area contributed by atoms with Crippen molar-refractivity contribution in [2.75, 3.05) is 13.1 Å². The van der Waals surface area contributed by atoms with E-state index in [1.807, 2.05) is 30.3 Å². The molecule has 5 nitrogen and oxygen atoms in total. The number of hydrogen-bond acceptors (Lipinski definition) is 3. The summed E-state index contributed by atoms with van der Waals surface area (Å²) in [6, 6.07) is 9.20. The maximum absolute atomic E-state index is 12.3. The van der Waals surface area contributed by atoms with E-state index in [9.17, 15) is 9.59 Å². The van der Waals surface area contributed by atoms with Gasteiger partial charge in [0.2, 0.25) is 5.91 Å². The van der Waals surface area contributed by atoms with Crippen LogP contribution < -0.4 is 5.73 Å². The Hall–Kier alpha value is -1.88. The van der Waals surface area contributed by atoms with E-state index in [1.165, 1.54) is 4.90 Å². The zero-order valence-electron chi connectivity index (χ0n) is 12.1. The number of nitrogens with two attached hydrogens (primary N) is 1. The smallest absolute Gasteiger partial charge is 0.323 e. The van der Waals surface area contributed by atoms with Gasteiger partial charge in [0.05, 0.1) is 6.04 Å². The van der Waals surface area contributed by atoms with Crippen molar-refractivity contribution >= 4 is 11.9 Å². The van der Waals surface area contributed by atoms with Crippen molar-refractivity contribution < 1.29 is 14.7 Å². The lowest BCUT2D eigenvalue weighted by Crippen LogP contribution is -2.46. The lowest BCUT2D eigenvalue weighted by Gasteiger charge is -2.24. The van der Waals surface area contributed by atoms with Crippen molar-refractivity contribution in [2.45, 2.75) is 31.7 Å². The first kappa shape index (κ1) is 15.5. The average molecular weight is 290 g/mol. The number of hydrogen-bond donors (Lipinski definition) is 2. The lowest BCUT2D eigenvalue weighted by atomic mass is 10.0. The van der Waals surface area contributed by atoms with E-state index in [1.54, 1.807) is 0 Å². The molecule has 0 heterocycles. The molecule has 0 aliphatic heterocycles. The Morgan fingerprint density at radius 3 is 2.52 bits per heavy atom. The molecule has 1 aromatic rings. The molecule has 0 saturated heterocycles. The van der Waals surface area contributed by atoms with Gasteiger partial charge in [0.1, 0.15) is 6.54 Å². The minimum atomic E-state index is -0.987. The Labute approximate surface area is 124 Å². The highest BCUT2D eigenvalue weighted by Gasteiger charge is 2.30. The number of aliphatic carboxylic acids is 1. The predicted octanol–water partition coefficient (Wildman–Crippen LogP) is 1.27. The van der Waals surface area contributed by atoms with Crippen LogP contribution in [0.25, 0.3) is 0 Å². The van der Waals surface area contributed by atoms with E-state index in [0.717, 1.165) is 24.8 Å². The van der Waals surface area contributed by atoms with Crippen LogP contribution >= 0.6 is 0 Å². The van der Waals surface area contributed by atoms with E-state index >= 15 is 0 Å². The molecule has 5 heteroatoms. The Kier molecular flexibility index (Phi) is 5.33. The Morgan fingerprint density at radius 2 is 1.95 bits per heavy atom. The molecule has 3 N–H and O–H groups in total. The van der Waals surface area contributed by atoms with Crippen LogP contribution in [0.5, 0.6) is 0 Å². The van der Waals surface area contributed by atoms with E-state index < -0.39 is 12.0 Å². The zero-order valence-corrected chi connectivity index (χ0v) is 12.1. The number of carboxylic acids is 1. The maximum atomic E-state index is 12.3. The molecular weight excluding hydrogens is 268 g/mol. The molecule has 0 spiro atoms. The maximum Gasteiger partial charge on any atom is 0.323 e. The molecule has 1 unspecified atom stereocenters. The summed E-state index contributed by atoms with van der Waals surface area (Å²) in [5, 5.41) is 8.92. The van der Waals surface area contributed by atoms with Gasteiger partial charge in [-0.15, -0.1) is 0 Å². The summed E-state index contributed by atoms with van der Waals surface area (Å²) in [7, 11) is 0. The van der Waals surface area contributed by atoms with Gasteiger partial charge in [0.25, 0.3) is 0 Å².